The molecule has 0 saturated carbocycles. The lowest BCUT2D eigenvalue weighted by Gasteiger charge is -2.23. The van der Waals surface area contributed by atoms with Gasteiger partial charge in [-0.3, -0.25) is 4.90 Å². The fourth-order valence-corrected chi connectivity index (χ4v) is 1.35. The molecular formula is C9H17N3O2. The standard InChI is InChI=1S/C9H17N3O2/c1-7-10-8(14-11-7)5-12(4)6-9(2,3)13/h13H,5-6H2,1-4H3. The molecule has 0 unspecified atom stereocenters. The lowest BCUT2D eigenvalue weighted by Crippen LogP contribution is -2.35. The summed E-state index contributed by atoms with van der Waals surface area (Å²) in [5, 5.41) is 13.3. The SMILES string of the molecule is Cc1noc(CN(C)CC(C)(C)O)n1. The summed E-state index contributed by atoms with van der Waals surface area (Å²) in [6, 6.07) is 0. The zero-order chi connectivity index (χ0) is 10.8. The first-order chi connectivity index (χ1) is 6.37. The number of nitrogens with zero attached hydrogens (tertiary/aromatic N) is 3. The number of aromatic nitrogens is 2. The van der Waals surface area contributed by atoms with Gasteiger partial charge in [-0.1, -0.05) is 5.16 Å². The second-order valence-electron chi connectivity index (χ2n) is 4.22. The first-order valence-electron chi connectivity index (χ1n) is 4.57. The highest BCUT2D eigenvalue weighted by molar-refractivity contribution is 4.83. The predicted molar refractivity (Wildman–Crippen MR) is 51.7 cm³/mol. The number of likely N-dealkylation sites (N-methyl/N-ethyl adjacent to an activating group) is 1. The topological polar surface area (TPSA) is 62.4 Å². The van der Waals surface area contributed by atoms with E-state index in [1.54, 1.807) is 20.8 Å². The van der Waals surface area contributed by atoms with E-state index in [1.807, 2.05) is 11.9 Å². The minimum absolute atomic E-state index is 0.560. The summed E-state index contributed by atoms with van der Waals surface area (Å²) in [5.74, 6) is 1.21. The van der Waals surface area contributed by atoms with E-state index in [0.29, 0.717) is 24.8 Å². The average molecular weight is 199 g/mol. The van der Waals surface area contributed by atoms with Crippen LogP contribution < -0.4 is 0 Å². The third-order valence-electron chi connectivity index (χ3n) is 1.63. The molecule has 0 radical (unpaired) electrons. The van der Waals surface area contributed by atoms with Crippen molar-refractivity contribution in [2.24, 2.45) is 0 Å². The lowest BCUT2D eigenvalue weighted by atomic mass is 10.1. The highest BCUT2D eigenvalue weighted by atomic mass is 16.5. The molecule has 1 aromatic heterocycles. The molecule has 0 saturated heterocycles. The molecule has 14 heavy (non-hydrogen) atoms. The second-order valence-corrected chi connectivity index (χ2v) is 4.22. The van der Waals surface area contributed by atoms with Crippen LogP contribution in [0.1, 0.15) is 25.6 Å². The first kappa shape index (κ1) is 11.1. The Kier molecular flexibility index (Phi) is 3.23. The number of aliphatic hydroxyl groups is 1. The van der Waals surface area contributed by atoms with Gasteiger partial charge >= 0.3 is 0 Å². The van der Waals surface area contributed by atoms with Crippen LogP contribution in [0.5, 0.6) is 0 Å². The summed E-state index contributed by atoms with van der Waals surface area (Å²) < 4.78 is 4.97. The molecule has 0 amide bonds. The molecule has 1 N–H and O–H groups in total. The minimum atomic E-state index is -0.705. The van der Waals surface area contributed by atoms with Crippen LogP contribution in [0.15, 0.2) is 4.52 Å². The molecule has 0 spiro atoms. The summed E-state index contributed by atoms with van der Waals surface area (Å²) in [4.78, 5) is 6.02. The van der Waals surface area contributed by atoms with Gasteiger partial charge < -0.3 is 9.63 Å². The van der Waals surface area contributed by atoms with Crippen molar-refractivity contribution in [3.8, 4) is 0 Å². The molecule has 5 heteroatoms. The molecular weight excluding hydrogens is 182 g/mol. The zero-order valence-electron chi connectivity index (χ0n) is 9.11. The lowest BCUT2D eigenvalue weighted by molar-refractivity contribution is 0.0397. The monoisotopic (exact) mass is 199 g/mol. The molecule has 0 bridgehead atoms. The van der Waals surface area contributed by atoms with Gasteiger partial charge in [0.2, 0.25) is 5.89 Å². The highest BCUT2D eigenvalue weighted by Gasteiger charge is 2.17. The molecule has 0 aromatic carbocycles. The van der Waals surface area contributed by atoms with Gasteiger partial charge in [0.05, 0.1) is 12.1 Å². The zero-order valence-corrected chi connectivity index (χ0v) is 9.11. The van der Waals surface area contributed by atoms with Gasteiger partial charge in [0.15, 0.2) is 5.82 Å². The Hall–Kier alpha value is -0.940. The van der Waals surface area contributed by atoms with Gasteiger partial charge in [0.25, 0.3) is 0 Å². The van der Waals surface area contributed by atoms with Crippen molar-refractivity contribution in [1.29, 1.82) is 0 Å². The Labute approximate surface area is 83.7 Å². The number of hydrogen-bond donors (Lipinski definition) is 1. The quantitative estimate of drug-likeness (QED) is 0.768. The Bertz CT molecular complexity index is 290. The predicted octanol–water partition coefficient (Wildman–Crippen LogP) is 0.581. The fourth-order valence-electron chi connectivity index (χ4n) is 1.35. The van der Waals surface area contributed by atoms with Crippen LogP contribution in [0.2, 0.25) is 0 Å². The smallest absolute Gasteiger partial charge is 0.240 e. The maximum Gasteiger partial charge on any atom is 0.240 e. The molecule has 5 nitrogen and oxygen atoms in total. The summed E-state index contributed by atoms with van der Waals surface area (Å²) >= 11 is 0. The van der Waals surface area contributed by atoms with Gasteiger partial charge in [-0.05, 0) is 27.8 Å². The van der Waals surface area contributed by atoms with E-state index in [0.717, 1.165) is 0 Å². The van der Waals surface area contributed by atoms with Gasteiger partial charge in [0, 0.05) is 6.54 Å². The van der Waals surface area contributed by atoms with Crippen LogP contribution in [-0.2, 0) is 6.54 Å². The van der Waals surface area contributed by atoms with Gasteiger partial charge in [0.1, 0.15) is 0 Å². The van der Waals surface area contributed by atoms with Crippen molar-refractivity contribution in [2.45, 2.75) is 32.9 Å². The molecule has 80 valence electrons. The maximum absolute atomic E-state index is 9.56. The van der Waals surface area contributed by atoms with E-state index in [2.05, 4.69) is 10.1 Å². The molecule has 0 atom stereocenters. The number of hydrogen-bond acceptors (Lipinski definition) is 5. The minimum Gasteiger partial charge on any atom is -0.389 e. The van der Waals surface area contributed by atoms with Crippen molar-refractivity contribution < 1.29 is 9.63 Å². The summed E-state index contributed by atoms with van der Waals surface area (Å²) in [5.41, 5.74) is -0.705. The van der Waals surface area contributed by atoms with Crippen molar-refractivity contribution >= 4 is 0 Å². The van der Waals surface area contributed by atoms with E-state index >= 15 is 0 Å². The van der Waals surface area contributed by atoms with Gasteiger partial charge in [-0.15, -0.1) is 0 Å². The average Bonchev–Trinajstić information content (AvgIpc) is 2.30. The van der Waals surface area contributed by atoms with Gasteiger partial charge in [-0.2, -0.15) is 4.98 Å². The van der Waals surface area contributed by atoms with E-state index < -0.39 is 5.60 Å². The van der Waals surface area contributed by atoms with Crippen molar-refractivity contribution in [1.82, 2.24) is 15.0 Å². The third-order valence-corrected chi connectivity index (χ3v) is 1.63. The van der Waals surface area contributed by atoms with E-state index in [9.17, 15) is 5.11 Å². The number of aryl methyl sites for hydroxylation is 1. The second kappa shape index (κ2) is 4.06. The number of rotatable bonds is 4. The Morgan fingerprint density at radius 2 is 2.14 bits per heavy atom. The van der Waals surface area contributed by atoms with E-state index in [4.69, 9.17) is 4.52 Å². The molecule has 1 rings (SSSR count). The van der Waals surface area contributed by atoms with E-state index in [-0.39, 0.29) is 0 Å². The highest BCUT2D eigenvalue weighted by Crippen LogP contribution is 2.06. The summed E-state index contributed by atoms with van der Waals surface area (Å²) in [6.45, 7) is 6.44. The molecule has 0 aliphatic rings. The van der Waals surface area contributed by atoms with Crippen LogP contribution in [0.4, 0.5) is 0 Å². The Morgan fingerprint density at radius 1 is 1.50 bits per heavy atom. The molecule has 0 aliphatic heterocycles. The molecule has 0 fully saturated rings. The van der Waals surface area contributed by atoms with Crippen molar-refractivity contribution in [3.05, 3.63) is 11.7 Å². The molecule has 0 aliphatic carbocycles. The normalized spacial score (nSPS) is 12.4. The largest absolute Gasteiger partial charge is 0.389 e. The Morgan fingerprint density at radius 3 is 2.57 bits per heavy atom. The molecule has 1 aromatic rings. The van der Waals surface area contributed by atoms with Crippen LogP contribution in [0, 0.1) is 6.92 Å². The van der Waals surface area contributed by atoms with Crippen molar-refractivity contribution in [3.63, 3.8) is 0 Å². The van der Waals surface area contributed by atoms with Crippen LogP contribution in [0.3, 0.4) is 0 Å². The van der Waals surface area contributed by atoms with Crippen LogP contribution in [-0.4, -0.2) is 39.3 Å². The van der Waals surface area contributed by atoms with Crippen LogP contribution in [0.25, 0.3) is 0 Å². The van der Waals surface area contributed by atoms with Crippen LogP contribution >= 0.6 is 0 Å². The summed E-state index contributed by atoms with van der Waals surface area (Å²) in [7, 11) is 1.90. The fraction of sp³-hybridized carbons (Fsp3) is 0.778. The molecule has 1 heterocycles. The Balaban J connectivity index is 2.45. The van der Waals surface area contributed by atoms with E-state index in [1.165, 1.54) is 0 Å². The van der Waals surface area contributed by atoms with Gasteiger partial charge in [-0.25, -0.2) is 0 Å². The summed E-state index contributed by atoms with van der Waals surface area (Å²) in [6.07, 6.45) is 0. The maximum atomic E-state index is 9.56. The first-order valence-corrected chi connectivity index (χ1v) is 4.57. The third kappa shape index (κ3) is 3.85. The van der Waals surface area contributed by atoms with Crippen molar-refractivity contribution in [2.75, 3.05) is 13.6 Å².